The lowest BCUT2D eigenvalue weighted by molar-refractivity contribution is 0.0520. The molecule has 1 saturated carbocycles. The number of piperidine rings is 1. The maximum Gasteiger partial charge on any atom is 0.255 e. The number of amides is 1. The molecule has 1 N–H and O–H groups in total. The Hall–Kier alpha value is -0.920. The molecule has 7 heteroatoms. The number of benzene rings is 1. The second kappa shape index (κ2) is 7.14. The number of carbonyl (C=O) groups is 1. The van der Waals surface area contributed by atoms with E-state index in [0.717, 1.165) is 25.4 Å². The van der Waals surface area contributed by atoms with Crippen LogP contribution in [0.1, 0.15) is 42.5 Å². The molecule has 1 aromatic rings. The monoisotopic (exact) mass is 414 g/mol. The number of carbonyl (C=O) groups excluding carboxylic acids is 1. The summed E-state index contributed by atoms with van der Waals surface area (Å²) in [5, 5.41) is 0. The first-order valence-electron chi connectivity index (χ1n) is 8.45. The molecule has 3 rings (SSSR count). The predicted octanol–water partition coefficient (Wildman–Crippen LogP) is 3.01. The van der Waals surface area contributed by atoms with E-state index in [2.05, 4.69) is 20.7 Å². The second-order valence-corrected chi connectivity index (χ2v) is 9.43. The molecule has 5 nitrogen and oxygen atoms in total. The molecule has 1 saturated heterocycles. The highest BCUT2D eigenvalue weighted by Gasteiger charge is 2.33. The van der Waals surface area contributed by atoms with Crippen LogP contribution in [0.25, 0.3) is 0 Å². The number of fused-ring (bicyclic) bond motifs is 1. The zero-order chi connectivity index (χ0) is 17.3. The highest BCUT2D eigenvalue weighted by atomic mass is 79.9. The summed E-state index contributed by atoms with van der Waals surface area (Å²) in [4.78, 5) is 14.9. The third-order valence-electron chi connectivity index (χ3n) is 5.33. The van der Waals surface area contributed by atoms with Crippen LogP contribution in [-0.4, -0.2) is 39.4 Å². The third-order valence-corrected chi connectivity index (χ3v) is 7.43. The summed E-state index contributed by atoms with van der Waals surface area (Å²) in [6.45, 7) is 1.55. The van der Waals surface area contributed by atoms with Gasteiger partial charge in [-0.3, -0.25) is 4.79 Å². The van der Waals surface area contributed by atoms with Crippen molar-refractivity contribution in [3.8, 4) is 0 Å². The van der Waals surface area contributed by atoms with Crippen LogP contribution in [0.15, 0.2) is 27.6 Å². The fraction of sp³-hybridized carbons (Fsp3) is 0.588. The lowest BCUT2D eigenvalue weighted by atomic mass is 9.75. The van der Waals surface area contributed by atoms with Crippen LogP contribution in [-0.2, 0) is 10.0 Å². The molecule has 1 heterocycles. The van der Waals surface area contributed by atoms with E-state index in [1.54, 1.807) is 6.07 Å². The van der Waals surface area contributed by atoms with Gasteiger partial charge >= 0.3 is 0 Å². The van der Waals surface area contributed by atoms with E-state index in [1.807, 2.05) is 4.90 Å². The van der Waals surface area contributed by atoms with E-state index in [1.165, 1.54) is 44.9 Å². The van der Waals surface area contributed by atoms with Crippen LogP contribution in [0.4, 0.5) is 0 Å². The summed E-state index contributed by atoms with van der Waals surface area (Å²) < 4.78 is 26.9. The highest BCUT2D eigenvalue weighted by Crippen LogP contribution is 2.36. The van der Waals surface area contributed by atoms with Crippen molar-refractivity contribution >= 4 is 31.9 Å². The fourth-order valence-electron chi connectivity index (χ4n) is 3.91. The van der Waals surface area contributed by atoms with Gasteiger partial charge in [0, 0.05) is 17.6 Å². The first-order chi connectivity index (χ1) is 11.4. The van der Waals surface area contributed by atoms with E-state index in [9.17, 15) is 13.2 Å². The lowest BCUT2D eigenvalue weighted by Crippen LogP contribution is -2.44. The number of halogens is 1. The summed E-state index contributed by atoms with van der Waals surface area (Å²) in [5.74, 6) is 1.26. The van der Waals surface area contributed by atoms with Crippen molar-refractivity contribution in [2.24, 2.45) is 11.8 Å². The summed E-state index contributed by atoms with van der Waals surface area (Å²) >= 11 is 3.39. The van der Waals surface area contributed by atoms with Crippen LogP contribution in [0.2, 0.25) is 0 Å². The van der Waals surface area contributed by atoms with Gasteiger partial charge in [0.05, 0.1) is 10.5 Å². The Morgan fingerprint density at radius 2 is 1.92 bits per heavy atom. The lowest BCUT2D eigenvalue weighted by Gasteiger charge is -2.41. The van der Waals surface area contributed by atoms with Crippen molar-refractivity contribution in [3.05, 3.63) is 28.2 Å². The van der Waals surface area contributed by atoms with Gasteiger partial charge in [0.15, 0.2) is 0 Å². The van der Waals surface area contributed by atoms with Gasteiger partial charge < -0.3 is 4.90 Å². The summed E-state index contributed by atoms with van der Waals surface area (Å²) in [7, 11) is -2.19. The van der Waals surface area contributed by atoms with Crippen LogP contribution >= 0.6 is 15.9 Å². The van der Waals surface area contributed by atoms with Gasteiger partial charge in [-0.25, -0.2) is 13.1 Å². The number of hydrogen-bond acceptors (Lipinski definition) is 3. The quantitative estimate of drug-likeness (QED) is 0.826. The normalized spacial score (nSPS) is 24.5. The first-order valence-corrected chi connectivity index (χ1v) is 10.7. The first kappa shape index (κ1) is 17.9. The molecule has 24 heavy (non-hydrogen) atoms. The van der Waals surface area contributed by atoms with Gasteiger partial charge in [-0.2, -0.15) is 0 Å². The molecule has 1 aromatic carbocycles. The molecule has 2 atom stereocenters. The average Bonchev–Trinajstić information content (AvgIpc) is 2.61. The number of sulfonamides is 1. The molecule has 2 fully saturated rings. The molecule has 2 aliphatic rings. The van der Waals surface area contributed by atoms with Crippen molar-refractivity contribution in [2.75, 3.05) is 20.1 Å². The minimum absolute atomic E-state index is 0.0842. The Morgan fingerprint density at radius 1 is 1.21 bits per heavy atom. The van der Waals surface area contributed by atoms with E-state index in [4.69, 9.17) is 0 Å². The Balaban J connectivity index is 1.83. The van der Waals surface area contributed by atoms with Crippen LogP contribution < -0.4 is 4.72 Å². The average molecular weight is 415 g/mol. The molecule has 1 amide bonds. The van der Waals surface area contributed by atoms with Gasteiger partial charge in [-0.1, -0.05) is 19.3 Å². The molecule has 0 unspecified atom stereocenters. The molecule has 1 aliphatic carbocycles. The topological polar surface area (TPSA) is 66.5 Å². The van der Waals surface area contributed by atoms with Crippen molar-refractivity contribution in [1.82, 2.24) is 9.62 Å². The molecule has 0 radical (unpaired) electrons. The molecular weight excluding hydrogens is 392 g/mol. The van der Waals surface area contributed by atoms with Crippen molar-refractivity contribution in [3.63, 3.8) is 0 Å². The third kappa shape index (κ3) is 3.53. The van der Waals surface area contributed by atoms with Gasteiger partial charge in [0.2, 0.25) is 10.0 Å². The largest absolute Gasteiger partial charge is 0.338 e. The fourth-order valence-corrected chi connectivity index (χ4v) is 5.08. The van der Waals surface area contributed by atoms with Gasteiger partial charge in [-0.15, -0.1) is 0 Å². The van der Waals surface area contributed by atoms with E-state index < -0.39 is 10.0 Å². The molecule has 0 aromatic heterocycles. The maximum absolute atomic E-state index is 12.9. The second-order valence-electron chi connectivity index (χ2n) is 6.69. The van der Waals surface area contributed by atoms with E-state index in [-0.39, 0.29) is 10.8 Å². The maximum atomic E-state index is 12.9. The Kier molecular flexibility index (Phi) is 5.32. The van der Waals surface area contributed by atoms with Crippen molar-refractivity contribution < 1.29 is 13.2 Å². The predicted molar refractivity (Wildman–Crippen MR) is 96.4 cm³/mol. The number of likely N-dealkylation sites (tertiary alicyclic amines) is 1. The van der Waals surface area contributed by atoms with Crippen molar-refractivity contribution in [2.45, 2.75) is 37.0 Å². The Labute approximate surface area is 152 Å². The minimum atomic E-state index is -3.56. The van der Waals surface area contributed by atoms with Crippen LogP contribution in [0.3, 0.4) is 0 Å². The molecular formula is C17H23BrN2O3S. The van der Waals surface area contributed by atoms with E-state index in [0.29, 0.717) is 16.0 Å². The zero-order valence-corrected chi connectivity index (χ0v) is 16.2. The SMILES string of the molecule is CNS(=O)(=O)c1ccc(Br)c(C(=O)N2CC[C@H]3CCCC[C@@H]3C2)c1. The number of rotatable bonds is 3. The standard InChI is InChI=1S/C17H23BrN2O3S/c1-19-24(22,23)14-6-7-16(18)15(10-14)17(21)20-9-8-12-4-2-3-5-13(12)11-20/h6-7,10,12-13,19H,2-5,8-9,11H2,1H3/t12-,13-/m1/s1. The molecule has 0 bridgehead atoms. The highest BCUT2D eigenvalue weighted by molar-refractivity contribution is 9.10. The Bertz CT molecular complexity index is 735. The molecule has 132 valence electrons. The van der Waals surface area contributed by atoms with Gasteiger partial charge in [-0.05, 0) is 65.9 Å². The molecule has 1 aliphatic heterocycles. The van der Waals surface area contributed by atoms with Crippen molar-refractivity contribution in [1.29, 1.82) is 0 Å². The zero-order valence-electron chi connectivity index (χ0n) is 13.8. The number of hydrogen-bond donors (Lipinski definition) is 1. The molecule has 0 spiro atoms. The summed E-state index contributed by atoms with van der Waals surface area (Å²) in [6.07, 6.45) is 6.10. The Morgan fingerprint density at radius 3 is 2.62 bits per heavy atom. The number of nitrogens with zero attached hydrogens (tertiary/aromatic N) is 1. The summed E-state index contributed by atoms with van der Waals surface area (Å²) in [5.41, 5.74) is 0.417. The van der Waals surface area contributed by atoms with Gasteiger partial charge in [0.25, 0.3) is 5.91 Å². The van der Waals surface area contributed by atoms with E-state index >= 15 is 0 Å². The summed E-state index contributed by atoms with van der Waals surface area (Å²) in [6, 6.07) is 4.59. The van der Waals surface area contributed by atoms with Gasteiger partial charge in [0.1, 0.15) is 0 Å². The van der Waals surface area contributed by atoms with Crippen LogP contribution in [0, 0.1) is 11.8 Å². The minimum Gasteiger partial charge on any atom is -0.338 e. The van der Waals surface area contributed by atoms with Crippen LogP contribution in [0.5, 0.6) is 0 Å². The smallest absolute Gasteiger partial charge is 0.255 e. The number of nitrogens with one attached hydrogen (secondary N) is 1.